The zero-order chi connectivity index (χ0) is 13.1. The highest BCUT2D eigenvalue weighted by Crippen LogP contribution is 2.59. The first-order valence-electron chi connectivity index (χ1n) is 6.96. The third-order valence-corrected chi connectivity index (χ3v) is 4.78. The van der Waals surface area contributed by atoms with E-state index in [1.54, 1.807) is 0 Å². The van der Waals surface area contributed by atoms with Gasteiger partial charge in [0, 0.05) is 12.6 Å². The van der Waals surface area contributed by atoms with Crippen LogP contribution >= 0.6 is 0 Å². The SMILES string of the molecule is CC1(C)C(C(=O)O)C1C(=O)N(CC1CC1)C1CC1. The first kappa shape index (κ1) is 12.0. The summed E-state index contributed by atoms with van der Waals surface area (Å²) in [4.78, 5) is 25.7. The monoisotopic (exact) mass is 251 g/mol. The Morgan fingerprint density at radius 3 is 2.17 bits per heavy atom. The number of amides is 1. The minimum absolute atomic E-state index is 0.0989. The van der Waals surface area contributed by atoms with Crippen molar-refractivity contribution in [2.45, 2.75) is 45.6 Å². The number of carboxylic acids is 1. The second kappa shape index (κ2) is 3.72. The minimum Gasteiger partial charge on any atom is -0.481 e. The number of aliphatic carboxylic acids is 1. The van der Waals surface area contributed by atoms with Crippen molar-refractivity contribution in [3.05, 3.63) is 0 Å². The molecule has 0 aromatic rings. The van der Waals surface area contributed by atoms with Gasteiger partial charge in [0.25, 0.3) is 0 Å². The van der Waals surface area contributed by atoms with Crippen LogP contribution in [0.25, 0.3) is 0 Å². The van der Waals surface area contributed by atoms with Gasteiger partial charge >= 0.3 is 5.97 Å². The van der Waals surface area contributed by atoms with Gasteiger partial charge in [0.1, 0.15) is 0 Å². The lowest BCUT2D eigenvalue weighted by Gasteiger charge is -2.23. The lowest BCUT2D eigenvalue weighted by atomic mass is 10.1. The molecule has 2 atom stereocenters. The highest BCUT2D eigenvalue weighted by atomic mass is 16.4. The molecule has 0 spiro atoms. The van der Waals surface area contributed by atoms with Crippen LogP contribution in [0.3, 0.4) is 0 Å². The van der Waals surface area contributed by atoms with Crippen LogP contribution in [0.1, 0.15) is 39.5 Å². The van der Waals surface area contributed by atoms with Gasteiger partial charge in [-0.05, 0) is 37.0 Å². The molecule has 2 unspecified atom stereocenters. The van der Waals surface area contributed by atoms with Gasteiger partial charge in [-0.25, -0.2) is 0 Å². The second-order valence-corrected chi connectivity index (χ2v) is 6.78. The first-order chi connectivity index (χ1) is 8.43. The number of hydrogen-bond donors (Lipinski definition) is 1. The Hall–Kier alpha value is -1.06. The van der Waals surface area contributed by atoms with Crippen LogP contribution in [0.15, 0.2) is 0 Å². The largest absolute Gasteiger partial charge is 0.481 e. The number of carboxylic acid groups (broad SMARTS) is 1. The maximum atomic E-state index is 12.5. The third kappa shape index (κ3) is 1.91. The molecule has 0 aliphatic heterocycles. The van der Waals surface area contributed by atoms with Gasteiger partial charge in [-0.1, -0.05) is 13.8 Å². The summed E-state index contributed by atoms with van der Waals surface area (Å²) in [5.74, 6) is -0.818. The van der Waals surface area contributed by atoms with Crippen LogP contribution in [-0.4, -0.2) is 34.5 Å². The smallest absolute Gasteiger partial charge is 0.307 e. The fourth-order valence-electron chi connectivity index (χ4n) is 3.12. The van der Waals surface area contributed by atoms with Gasteiger partial charge in [-0.2, -0.15) is 0 Å². The maximum absolute atomic E-state index is 12.5. The molecule has 0 bridgehead atoms. The highest BCUT2D eigenvalue weighted by molar-refractivity contribution is 5.92. The lowest BCUT2D eigenvalue weighted by Crippen LogP contribution is -2.37. The van der Waals surface area contributed by atoms with Gasteiger partial charge in [-0.3, -0.25) is 9.59 Å². The number of carbonyl (C=O) groups is 2. The Morgan fingerprint density at radius 2 is 1.78 bits per heavy atom. The van der Waals surface area contributed by atoms with E-state index in [0.29, 0.717) is 12.0 Å². The standard InChI is InChI=1S/C14H21NO3/c1-14(2)10(11(14)13(17)18)12(16)15(9-5-6-9)7-8-3-4-8/h8-11H,3-7H2,1-2H3,(H,17,18). The highest BCUT2D eigenvalue weighted by Gasteiger charge is 2.67. The molecule has 3 fully saturated rings. The van der Waals surface area contributed by atoms with Crippen molar-refractivity contribution >= 4 is 11.9 Å². The average Bonchev–Trinajstić information content (AvgIpc) is 3.11. The Morgan fingerprint density at radius 1 is 1.17 bits per heavy atom. The Kier molecular flexibility index (Phi) is 2.48. The van der Waals surface area contributed by atoms with Gasteiger partial charge in [0.2, 0.25) is 5.91 Å². The van der Waals surface area contributed by atoms with Crippen LogP contribution in [0.4, 0.5) is 0 Å². The molecule has 3 saturated carbocycles. The number of rotatable bonds is 5. The van der Waals surface area contributed by atoms with Crippen molar-refractivity contribution in [2.24, 2.45) is 23.2 Å². The molecule has 3 aliphatic rings. The summed E-state index contributed by atoms with van der Waals surface area (Å²) in [5.41, 5.74) is -0.362. The third-order valence-electron chi connectivity index (χ3n) is 4.78. The molecule has 0 heterocycles. The lowest BCUT2D eigenvalue weighted by molar-refractivity contribution is -0.142. The number of nitrogens with zero attached hydrogens (tertiary/aromatic N) is 1. The predicted molar refractivity (Wildman–Crippen MR) is 65.9 cm³/mol. The molecule has 1 N–H and O–H groups in total. The maximum Gasteiger partial charge on any atom is 0.307 e. The van der Waals surface area contributed by atoms with Crippen molar-refractivity contribution in [3.63, 3.8) is 0 Å². The van der Waals surface area contributed by atoms with Gasteiger partial charge in [0.05, 0.1) is 11.8 Å². The summed E-state index contributed by atoms with van der Waals surface area (Å²) in [6.45, 7) is 4.66. The van der Waals surface area contributed by atoms with E-state index >= 15 is 0 Å². The van der Waals surface area contributed by atoms with E-state index in [1.807, 2.05) is 18.7 Å². The summed E-state index contributed by atoms with van der Waals surface area (Å²) >= 11 is 0. The molecule has 1 amide bonds. The molecule has 3 aliphatic carbocycles. The molecule has 4 heteroatoms. The fourth-order valence-corrected chi connectivity index (χ4v) is 3.12. The van der Waals surface area contributed by atoms with E-state index in [1.165, 1.54) is 12.8 Å². The van der Waals surface area contributed by atoms with Crippen molar-refractivity contribution in [1.29, 1.82) is 0 Å². The zero-order valence-electron chi connectivity index (χ0n) is 11.1. The van der Waals surface area contributed by atoms with E-state index in [-0.39, 0.29) is 17.2 Å². The van der Waals surface area contributed by atoms with Gasteiger partial charge in [0.15, 0.2) is 0 Å². The summed E-state index contributed by atoms with van der Waals surface area (Å²) in [6.07, 6.45) is 4.66. The molecular weight excluding hydrogens is 230 g/mol. The van der Waals surface area contributed by atoms with Crippen molar-refractivity contribution in [2.75, 3.05) is 6.54 Å². The second-order valence-electron chi connectivity index (χ2n) is 6.78. The van der Waals surface area contributed by atoms with E-state index in [0.717, 1.165) is 19.4 Å². The van der Waals surface area contributed by atoms with E-state index < -0.39 is 11.9 Å². The molecule has 100 valence electrons. The van der Waals surface area contributed by atoms with Crippen LogP contribution in [0.2, 0.25) is 0 Å². The van der Waals surface area contributed by atoms with Gasteiger partial charge in [-0.15, -0.1) is 0 Å². The van der Waals surface area contributed by atoms with Gasteiger partial charge < -0.3 is 10.0 Å². The Balaban J connectivity index is 1.70. The van der Waals surface area contributed by atoms with E-state index in [4.69, 9.17) is 5.11 Å². The number of carbonyl (C=O) groups excluding carboxylic acids is 1. The molecule has 3 rings (SSSR count). The first-order valence-corrected chi connectivity index (χ1v) is 6.96. The normalized spacial score (nSPS) is 33.0. The van der Waals surface area contributed by atoms with E-state index in [9.17, 15) is 9.59 Å². The van der Waals surface area contributed by atoms with E-state index in [2.05, 4.69) is 0 Å². The summed E-state index contributed by atoms with van der Waals surface area (Å²) in [5, 5.41) is 9.17. The molecule has 0 saturated heterocycles. The molecule has 18 heavy (non-hydrogen) atoms. The van der Waals surface area contributed by atoms with Crippen molar-refractivity contribution in [3.8, 4) is 0 Å². The van der Waals surface area contributed by atoms with Crippen LogP contribution in [0.5, 0.6) is 0 Å². The quantitative estimate of drug-likeness (QED) is 0.809. The average molecular weight is 251 g/mol. The van der Waals surface area contributed by atoms with Crippen molar-refractivity contribution < 1.29 is 14.7 Å². The summed E-state index contributed by atoms with van der Waals surface area (Å²) < 4.78 is 0. The van der Waals surface area contributed by atoms with Crippen LogP contribution in [-0.2, 0) is 9.59 Å². The molecular formula is C14H21NO3. The summed E-state index contributed by atoms with van der Waals surface area (Å²) in [6, 6.07) is 0.406. The Bertz CT molecular complexity index is 396. The Labute approximate surface area is 107 Å². The summed E-state index contributed by atoms with van der Waals surface area (Å²) in [7, 11) is 0. The minimum atomic E-state index is -0.819. The molecule has 0 radical (unpaired) electrons. The zero-order valence-corrected chi connectivity index (χ0v) is 11.1. The molecule has 0 aromatic heterocycles. The molecule has 4 nitrogen and oxygen atoms in total. The van der Waals surface area contributed by atoms with Crippen LogP contribution < -0.4 is 0 Å². The van der Waals surface area contributed by atoms with Crippen LogP contribution in [0, 0.1) is 23.2 Å². The van der Waals surface area contributed by atoms with Crippen molar-refractivity contribution in [1.82, 2.24) is 4.90 Å². The topological polar surface area (TPSA) is 57.6 Å². The fraction of sp³-hybridized carbons (Fsp3) is 0.857. The molecule has 0 aromatic carbocycles. The number of hydrogen-bond acceptors (Lipinski definition) is 2. The predicted octanol–water partition coefficient (Wildman–Crippen LogP) is 1.74.